The summed E-state index contributed by atoms with van der Waals surface area (Å²) in [5.74, 6) is -1.67. The average Bonchev–Trinajstić information content (AvgIpc) is 2.74. The predicted octanol–water partition coefficient (Wildman–Crippen LogP) is 3.84. The highest BCUT2D eigenvalue weighted by molar-refractivity contribution is 6.63. The van der Waals surface area contributed by atoms with Crippen LogP contribution in [0.3, 0.4) is 0 Å². The lowest BCUT2D eigenvalue weighted by Crippen LogP contribution is -2.09. The van der Waals surface area contributed by atoms with Gasteiger partial charge in [-0.2, -0.15) is 0 Å². The second kappa shape index (κ2) is 5.62. The average molecular weight is 311 g/mol. The second-order valence-corrected chi connectivity index (χ2v) is 5.29. The third-order valence-corrected chi connectivity index (χ3v) is 3.67. The second-order valence-electron chi connectivity index (χ2n) is 4.86. The van der Waals surface area contributed by atoms with Crippen molar-refractivity contribution in [2.45, 2.75) is 0 Å². The molecular formula is C18H11ClO3. The van der Waals surface area contributed by atoms with E-state index in [0.29, 0.717) is 16.1 Å². The van der Waals surface area contributed by atoms with Crippen LogP contribution in [0.2, 0.25) is 5.02 Å². The van der Waals surface area contributed by atoms with E-state index in [4.69, 9.17) is 11.6 Å². The molecule has 1 N–H and O–H groups in total. The Morgan fingerprint density at radius 1 is 0.864 bits per heavy atom. The van der Waals surface area contributed by atoms with E-state index in [0.717, 1.165) is 0 Å². The molecule has 108 valence electrons. The van der Waals surface area contributed by atoms with E-state index in [2.05, 4.69) is 0 Å². The Labute approximate surface area is 132 Å². The zero-order valence-electron chi connectivity index (χ0n) is 11.4. The normalized spacial score (nSPS) is 16.7. The van der Waals surface area contributed by atoms with Crippen LogP contribution in [0.15, 0.2) is 65.9 Å². The quantitative estimate of drug-likeness (QED) is 0.677. The number of carbonyl (C=O) groups excluding carboxylic acids is 2. The number of benzene rings is 2. The van der Waals surface area contributed by atoms with E-state index >= 15 is 0 Å². The van der Waals surface area contributed by atoms with Crippen molar-refractivity contribution in [3.63, 3.8) is 0 Å². The lowest BCUT2D eigenvalue weighted by molar-refractivity contribution is -0.130. The molecule has 22 heavy (non-hydrogen) atoms. The van der Waals surface area contributed by atoms with E-state index in [9.17, 15) is 14.7 Å². The Hall–Kier alpha value is -2.65. The number of aliphatic hydroxyl groups is 1. The molecule has 4 heteroatoms. The van der Waals surface area contributed by atoms with Crippen LogP contribution in [0.1, 0.15) is 11.1 Å². The van der Waals surface area contributed by atoms with Crippen molar-refractivity contribution in [1.29, 1.82) is 0 Å². The Morgan fingerprint density at radius 2 is 1.50 bits per heavy atom. The standard InChI is InChI=1S/C18H11ClO3/c19-13-8-6-11(7-9-13)10-14-16(20)15(18(22)17(14)21)12-4-2-1-3-5-12/h1-10,20H. The molecule has 0 spiro atoms. The van der Waals surface area contributed by atoms with E-state index in [1.54, 1.807) is 54.6 Å². The summed E-state index contributed by atoms with van der Waals surface area (Å²) in [7, 11) is 0. The maximum atomic E-state index is 12.1. The lowest BCUT2D eigenvalue weighted by Gasteiger charge is -2.00. The summed E-state index contributed by atoms with van der Waals surface area (Å²) >= 11 is 5.81. The van der Waals surface area contributed by atoms with Crippen LogP contribution in [0.25, 0.3) is 11.6 Å². The molecular weight excluding hydrogens is 300 g/mol. The van der Waals surface area contributed by atoms with E-state index < -0.39 is 11.6 Å². The zero-order valence-corrected chi connectivity index (χ0v) is 12.2. The first-order valence-corrected chi connectivity index (χ1v) is 7.01. The van der Waals surface area contributed by atoms with Crippen LogP contribution >= 0.6 is 11.6 Å². The van der Waals surface area contributed by atoms with Gasteiger partial charge in [0, 0.05) is 5.02 Å². The van der Waals surface area contributed by atoms with E-state index in [-0.39, 0.29) is 16.9 Å². The Morgan fingerprint density at radius 3 is 2.14 bits per heavy atom. The molecule has 3 rings (SSSR count). The molecule has 0 radical (unpaired) electrons. The van der Waals surface area contributed by atoms with Crippen LogP contribution in [-0.2, 0) is 9.59 Å². The Kier molecular flexibility index (Phi) is 3.65. The first-order valence-electron chi connectivity index (χ1n) is 6.63. The molecule has 2 aromatic rings. The summed E-state index contributed by atoms with van der Waals surface area (Å²) in [6, 6.07) is 15.4. The fourth-order valence-electron chi connectivity index (χ4n) is 2.32. The molecule has 0 unspecified atom stereocenters. The first kappa shape index (κ1) is 14.3. The highest BCUT2D eigenvalue weighted by atomic mass is 35.5. The molecule has 0 fully saturated rings. The van der Waals surface area contributed by atoms with E-state index in [1.165, 1.54) is 6.08 Å². The fraction of sp³-hybridized carbons (Fsp3) is 0. The van der Waals surface area contributed by atoms with Crippen molar-refractivity contribution in [3.8, 4) is 0 Å². The Balaban J connectivity index is 2.09. The minimum atomic E-state index is -0.702. The van der Waals surface area contributed by atoms with Gasteiger partial charge < -0.3 is 5.11 Å². The van der Waals surface area contributed by atoms with Gasteiger partial charge in [0.15, 0.2) is 0 Å². The van der Waals surface area contributed by atoms with Crippen molar-refractivity contribution >= 4 is 34.8 Å². The van der Waals surface area contributed by atoms with Gasteiger partial charge in [-0.05, 0) is 29.3 Å². The van der Waals surface area contributed by atoms with Gasteiger partial charge in [-0.15, -0.1) is 0 Å². The molecule has 3 nitrogen and oxygen atoms in total. The molecule has 0 atom stereocenters. The smallest absolute Gasteiger partial charge is 0.238 e. The molecule has 1 aliphatic carbocycles. The summed E-state index contributed by atoms with van der Waals surface area (Å²) < 4.78 is 0. The summed E-state index contributed by atoms with van der Waals surface area (Å²) in [5, 5.41) is 10.9. The summed E-state index contributed by atoms with van der Waals surface area (Å²) in [5.41, 5.74) is 1.26. The molecule has 0 amide bonds. The third-order valence-electron chi connectivity index (χ3n) is 3.41. The number of rotatable bonds is 2. The van der Waals surface area contributed by atoms with Crippen molar-refractivity contribution in [2.24, 2.45) is 0 Å². The number of allylic oxidation sites excluding steroid dienone is 2. The maximum Gasteiger partial charge on any atom is 0.238 e. The van der Waals surface area contributed by atoms with Gasteiger partial charge in [-0.25, -0.2) is 0 Å². The van der Waals surface area contributed by atoms with Crippen LogP contribution in [0.4, 0.5) is 0 Å². The van der Waals surface area contributed by atoms with Gasteiger partial charge in [0.2, 0.25) is 11.6 Å². The molecule has 0 saturated heterocycles. The topological polar surface area (TPSA) is 54.4 Å². The Bertz CT molecular complexity index is 815. The van der Waals surface area contributed by atoms with E-state index in [1.807, 2.05) is 0 Å². The molecule has 0 aliphatic heterocycles. The molecule has 0 heterocycles. The molecule has 0 saturated carbocycles. The van der Waals surface area contributed by atoms with Gasteiger partial charge >= 0.3 is 0 Å². The highest BCUT2D eigenvalue weighted by Crippen LogP contribution is 2.32. The number of Topliss-reactive ketones (excluding diaryl/α,β-unsaturated/α-hetero) is 2. The monoisotopic (exact) mass is 310 g/mol. The molecule has 0 bridgehead atoms. The van der Waals surface area contributed by atoms with Crippen molar-refractivity contribution in [3.05, 3.63) is 82.1 Å². The molecule has 1 aliphatic rings. The lowest BCUT2D eigenvalue weighted by atomic mass is 10.0. The SMILES string of the molecule is O=C1C(=O)C(c2ccccc2)=C(O)C1=Cc1ccc(Cl)cc1. The number of carbonyl (C=O) groups is 2. The fourth-order valence-corrected chi connectivity index (χ4v) is 2.44. The number of hydrogen-bond donors (Lipinski definition) is 1. The van der Waals surface area contributed by atoms with Crippen molar-refractivity contribution < 1.29 is 14.7 Å². The number of hydrogen-bond acceptors (Lipinski definition) is 3. The molecule has 0 aromatic heterocycles. The van der Waals surface area contributed by atoms with Gasteiger partial charge in [-0.3, -0.25) is 9.59 Å². The summed E-state index contributed by atoms with van der Waals surface area (Å²) in [6.45, 7) is 0. The number of aliphatic hydroxyl groups excluding tert-OH is 1. The highest BCUT2D eigenvalue weighted by Gasteiger charge is 2.36. The number of ketones is 2. The van der Waals surface area contributed by atoms with Crippen LogP contribution in [-0.4, -0.2) is 16.7 Å². The van der Waals surface area contributed by atoms with Crippen molar-refractivity contribution in [2.75, 3.05) is 0 Å². The third kappa shape index (κ3) is 2.47. The zero-order chi connectivity index (χ0) is 15.7. The first-order chi connectivity index (χ1) is 10.6. The predicted molar refractivity (Wildman–Crippen MR) is 85.4 cm³/mol. The number of halogens is 1. The summed E-state index contributed by atoms with van der Waals surface area (Å²) in [6.07, 6.45) is 1.49. The minimum Gasteiger partial charge on any atom is -0.506 e. The minimum absolute atomic E-state index is 0.00572. The summed E-state index contributed by atoms with van der Waals surface area (Å²) in [4.78, 5) is 24.3. The maximum absolute atomic E-state index is 12.1. The van der Waals surface area contributed by atoms with Gasteiger partial charge in [0.1, 0.15) is 5.76 Å². The van der Waals surface area contributed by atoms with Crippen LogP contribution in [0.5, 0.6) is 0 Å². The van der Waals surface area contributed by atoms with Gasteiger partial charge in [0.25, 0.3) is 0 Å². The van der Waals surface area contributed by atoms with Gasteiger partial charge in [-0.1, -0.05) is 54.1 Å². The largest absolute Gasteiger partial charge is 0.506 e. The van der Waals surface area contributed by atoms with Crippen LogP contribution < -0.4 is 0 Å². The van der Waals surface area contributed by atoms with Crippen molar-refractivity contribution in [1.82, 2.24) is 0 Å². The van der Waals surface area contributed by atoms with Gasteiger partial charge in [0.05, 0.1) is 11.1 Å². The van der Waals surface area contributed by atoms with Crippen LogP contribution in [0, 0.1) is 0 Å². The molecule has 2 aromatic carbocycles.